The number of ether oxygens (including phenoxy) is 1. The lowest BCUT2D eigenvalue weighted by Gasteiger charge is -2.39. The van der Waals surface area contributed by atoms with Crippen molar-refractivity contribution < 1.29 is 4.74 Å². The molecule has 1 fully saturated rings. The average molecular weight is 446 g/mol. The Morgan fingerprint density at radius 1 is 1.00 bits per heavy atom. The third-order valence-electron chi connectivity index (χ3n) is 6.68. The van der Waals surface area contributed by atoms with Crippen molar-refractivity contribution in [3.05, 3.63) is 100 Å². The van der Waals surface area contributed by atoms with Gasteiger partial charge in [-0.1, -0.05) is 54.1 Å². The van der Waals surface area contributed by atoms with Crippen molar-refractivity contribution in [2.45, 2.75) is 31.4 Å². The zero-order valence-corrected chi connectivity index (χ0v) is 18.9. The van der Waals surface area contributed by atoms with Gasteiger partial charge in [0.2, 0.25) is 0 Å². The van der Waals surface area contributed by atoms with Crippen LogP contribution in [0, 0.1) is 0 Å². The Morgan fingerprint density at radius 3 is 2.56 bits per heavy atom. The lowest BCUT2D eigenvalue weighted by molar-refractivity contribution is 0.164. The third-order valence-corrected chi connectivity index (χ3v) is 6.94. The molecule has 0 radical (unpaired) electrons. The minimum Gasteiger partial charge on any atom is -0.487 e. The normalized spacial score (nSPS) is 19.0. The molecule has 0 saturated carbocycles. The number of nitrogens with zero attached hydrogens (tertiary/aromatic N) is 2. The molecule has 0 amide bonds. The Labute approximate surface area is 194 Å². The minimum atomic E-state index is -0.262. The maximum atomic E-state index is 6.76. The number of piperidine rings is 1. The maximum Gasteiger partial charge on any atom is 0.131 e. The van der Waals surface area contributed by atoms with Crippen LogP contribution in [0.4, 0.5) is 0 Å². The van der Waals surface area contributed by atoms with Crippen molar-refractivity contribution in [2.75, 3.05) is 19.6 Å². The fourth-order valence-corrected chi connectivity index (χ4v) is 4.89. The summed E-state index contributed by atoms with van der Waals surface area (Å²) in [7, 11) is 0. The molecule has 2 aliphatic rings. The monoisotopic (exact) mass is 445 g/mol. The topological polar surface area (TPSA) is 51.4 Å². The first-order valence-electron chi connectivity index (χ1n) is 11.3. The van der Waals surface area contributed by atoms with Crippen LogP contribution in [0.3, 0.4) is 0 Å². The summed E-state index contributed by atoms with van der Waals surface area (Å²) >= 11 is 6.05. The Bertz CT molecular complexity index is 1070. The SMILES string of the molecule is NC1(c2ccc(Cl)cc2)CCN(CCC=C2c3ccccc3OCc3ncccc32)CC1. The lowest BCUT2D eigenvalue weighted by atomic mass is 9.82. The molecule has 1 aromatic heterocycles. The fourth-order valence-electron chi connectivity index (χ4n) is 4.76. The Balaban J connectivity index is 1.28. The van der Waals surface area contributed by atoms with Crippen molar-refractivity contribution in [2.24, 2.45) is 5.73 Å². The summed E-state index contributed by atoms with van der Waals surface area (Å²) in [6.07, 6.45) is 7.06. The molecule has 5 rings (SSSR count). The highest BCUT2D eigenvalue weighted by Gasteiger charge is 2.32. The van der Waals surface area contributed by atoms with Crippen LogP contribution in [0.2, 0.25) is 5.02 Å². The zero-order chi connectivity index (χ0) is 22.0. The fraction of sp³-hybridized carbons (Fsp3) is 0.296. The van der Waals surface area contributed by atoms with Crippen LogP contribution in [-0.4, -0.2) is 29.5 Å². The molecule has 2 N–H and O–H groups in total. The standard InChI is InChI=1S/C27H28ClN3O/c28-21-11-9-20(10-12-21)27(29)13-17-31(18-14-27)16-4-7-22-23-6-3-15-30-25(23)19-32-26-8-2-1-5-24(22)26/h1-3,5-12,15H,4,13-14,16-19,29H2. The Kier molecular flexibility index (Phi) is 6.01. The number of halogens is 1. The average Bonchev–Trinajstić information content (AvgIpc) is 2.98. The molecule has 3 heterocycles. The molecule has 2 aromatic carbocycles. The highest BCUT2D eigenvalue weighted by molar-refractivity contribution is 6.30. The van der Waals surface area contributed by atoms with Crippen molar-refractivity contribution in [1.82, 2.24) is 9.88 Å². The predicted octanol–water partition coefficient (Wildman–Crippen LogP) is 5.40. The molecular formula is C27H28ClN3O. The molecule has 0 spiro atoms. The van der Waals surface area contributed by atoms with Crippen LogP contribution < -0.4 is 10.5 Å². The van der Waals surface area contributed by atoms with Gasteiger partial charge in [0, 0.05) is 47.5 Å². The van der Waals surface area contributed by atoms with Gasteiger partial charge < -0.3 is 15.4 Å². The molecule has 1 saturated heterocycles. The Morgan fingerprint density at radius 2 is 1.75 bits per heavy atom. The van der Waals surface area contributed by atoms with Crippen LogP contribution in [-0.2, 0) is 12.1 Å². The van der Waals surface area contributed by atoms with Gasteiger partial charge in [0.25, 0.3) is 0 Å². The lowest BCUT2D eigenvalue weighted by Crippen LogP contribution is -2.48. The van der Waals surface area contributed by atoms with Gasteiger partial charge in [-0.05, 0) is 54.7 Å². The van der Waals surface area contributed by atoms with E-state index < -0.39 is 0 Å². The van der Waals surface area contributed by atoms with E-state index in [2.05, 4.69) is 46.3 Å². The van der Waals surface area contributed by atoms with Crippen LogP contribution in [0.25, 0.3) is 5.57 Å². The van der Waals surface area contributed by atoms with Gasteiger partial charge in [-0.25, -0.2) is 0 Å². The van der Waals surface area contributed by atoms with E-state index in [9.17, 15) is 0 Å². The summed E-state index contributed by atoms with van der Waals surface area (Å²) in [6, 6.07) is 20.4. The van der Waals surface area contributed by atoms with Gasteiger partial charge in [0.15, 0.2) is 0 Å². The van der Waals surface area contributed by atoms with Gasteiger partial charge in [0.05, 0.1) is 5.69 Å². The summed E-state index contributed by atoms with van der Waals surface area (Å²) in [5.74, 6) is 0.922. The summed E-state index contributed by atoms with van der Waals surface area (Å²) in [5.41, 5.74) is 12.2. The van der Waals surface area contributed by atoms with Gasteiger partial charge in [0.1, 0.15) is 12.4 Å². The molecule has 0 unspecified atom stereocenters. The largest absolute Gasteiger partial charge is 0.487 e. The highest BCUT2D eigenvalue weighted by Crippen LogP contribution is 2.36. The highest BCUT2D eigenvalue weighted by atomic mass is 35.5. The summed E-state index contributed by atoms with van der Waals surface area (Å²) in [5, 5.41) is 0.755. The van der Waals surface area contributed by atoms with E-state index in [0.29, 0.717) is 6.61 Å². The number of rotatable bonds is 4. The molecular weight excluding hydrogens is 418 g/mol. The van der Waals surface area contributed by atoms with Gasteiger partial charge >= 0.3 is 0 Å². The van der Waals surface area contributed by atoms with E-state index in [1.165, 1.54) is 16.7 Å². The molecule has 0 atom stereocenters. The van der Waals surface area contributed by atoms with Crippen molar-refractivity contribution in [1.29, 1.82) is 0 Å². The molecule has 3 aromatic rings. The van der Waals surface area contributed by atoms with Crippen molar-refractivity contribution in [3.8, 4) is 5.75 Å². The number of para-hydroxylation sites is 1. The second-order valence-corrected chi connectivity index (χ2v) is 9.13. The number of aromatic nitrogens is 1. The van der Waals surface area contributed by atoms with Crippen LogP contribution >= 0.6 is 11.6 Å². The molecule has 32 heavy (non-hydrogen) atoms. The van der Waals surface area contributed by atoms with E-state index in [4.69, 9.17) is 22.1 Å². The van der Waals surface area contributed by atoms with E-state index in [0.717, 1.165) is 60.9 Å². The van der Waals surface area contributed by atoms with Gasteiger partial charge in [-0.2, -0.15) is 0 Å². The number of likely N-dealkylation sites (tertiary alicyclic amines) is 1. The van der Waals surface area contributed by atoms with Gasteiger partial charge in [-0.3, -0.25) is 4.98 Å². The summed E-state index contributed by atoms with van der Waals surface area (Å²) in [4.78, 5) is 7.08. The number of benzene rings is 2. The van der Waals surface area contributed by atoms with Crippen molar-refractivity contribution >= 4 is 17.2 Å². The third kappa shape index (κ3) is 4.31. The Hall–Kier alpha value is -2.66. The van der Waals surface area contributed by atoms with E-state index in [-0.39, 0.29) is 5.54 Å². The molecule has 0 aliphatic carbocycles. The molecule has 0 bridgehead atoms. The first-order valence-corrected chi connectivity index (χ1v) is 11.6. The maximum absolute atomic E-state index is 6.76. The first kappa shape index (κ1) is 21.2. The minimum absolute atomic E-state index is 0.262. The number of hydrogen-bond donors (Lipinski definition) is 1. The smallest absolute Gasteiger partial charge is 0.131 e. The summed E-state index contributed by atoms with van der Waals surface area (Å²) in [6.45, 7) is 3.51. The molecule has 4 nitrogen and oxygen atoms in total. The van der Waals surface area contributed by atoms with E-state index in [1.807, 2.05) is 36.5 Å². The van der Waals surface area contributed by atoms with Crippen LogP contribution in [0.15, 0.2) is 72.9 Å². The quantitative estimate of drug-likeness (QED) is 0.584. The summed E-state index contributed by atoms with van der Waals surface area (Å²) < 4.78 is 6.04. The zero-order valence-electron chi connectivity index (χ0n) is 18.1. The number of pyridine rings is 1. The van der Waals surface area contributed by atoms with Crippen molar-refractivity contribution in [3.63, 3.8) is 0 Å². The number of fused-ring (bicyclic) bond motifs is 2. The molecule has 2 aliphatic heterocycles. The van der Waals surface area contributed by atoms with E-state index >= 15 is 0 Å². The van der Waals surface area contributed by atoms with E-state index in [1.54, 1.807) is 0 Å². The molecule has 5 heteroatoms. The van der Waals surface area contributed by atoms with Crippen LogP contribution in [0.1, 0.15) is 41.6 Å². The second-order valence-electron chi connectivity index (χ2n) is 8.69. The number of hydrogen-bond acceptors (Lipinski definition) is 4. The van der Waals surface area contributed by atoms with Crippen LogP contribution in [0.5, 0.6) is 5.75 Å². The number of nitrogens with two attached hydrogens (primary N) is 1. The predicted molar refractivity (Wildman–Crippen MR) is 130 cm³/mol. The van der Waals surface area contributed by atoms with Gasteiger partial charge in [-0.15, -0.1) is 0 Å². The second kappa shape index (κ2) is 9.07. The first-order chi connectivity index (χ1) is 15.6. The molecule has 164 valence electrons.